The predicted octanol–water partition coefficient (Wildman–Crippen LogP) is 3.32. The van der Waals surface area contributed by atoms with Crippen LogP contribution < -0.4 is 10.2 Å². The smallest absolute Gasteiger partial charge is 0.223 e. The van der Waals surface area contributed by atoms with Gasteiger partial charge in [-0.3, -0.25) is 9.36 Å². The molecule has 1 aliphatic rings. The predicted molar refractivity (Wildman–Crippen MR) is 123 cm³/mol. The van der Waals surface area contributed by atoms with Crippen molar-refractivity contribution in [3.63, 3.8) is 0 Å². The highest BCUT2D eigenvalue weighted by Gasteiger charge is 2.26. The van der Waals surface area contributed by atoms with Crippen molar-refractivity contribution in [2.24, 2.45) is 5.92 Å². The van der Waals surface area contributed by atoms with E-state index in [-0.39, 0.29) is 11.8 Å². The summed E-state index contributed by atoms with van der Waals surface area (Å²) in [6.45, 7) is 2.03. The maximum absolute atomic E-state index is 12.7. The molecule has 32 heavy (non-hydrogen) atoms. The molecule has 162 valence electrons. The molecule has 0 unspecified atom stereocenters. The average Bonchev–Trinajstić information content (AvgIpc) is 3.56. The molecule has 0 aliphatic carbocycles. The molecule has 3 aromatic heterocycles. The molecule has 5 rings (SSSR count). The number of nitrogens with one attached hydrogen (secondary N) is 1. The van der Waals surface area contributed by atoms with E-state index in [1.165, 1.54) is 0 Å². The van der Waals surface area contributed by atoms with Crippen molar-refractivity contribution in [3.05, 3.63) is 72.5 Å². The first kappa shape index (κ1) is 20.3. The summed E-state index contributed by atoms with van der Waals surface area (Å²) in [5.41, 5.74) is 2.00. The Morgan fingerprint density at radius 2 is 1.94 bits per heavy atom. The molecule has 1 aromatic carbocycles. The summed E-state index contributed by atoms with van der Waals surface area (Å²) in [6, 6.07) is 12.0. The van der Waals surface area contributed by atoms with Crippen molar-refractivity contribution in [1.82, 2.24) is 29.8 Å². The molecule has 4 heterocycles. The van der Waals surface area contributed by atoms with Crippen LogP contribution in [0.2, 0.25) is 0 Å². The van der Waals surface area contributed by atoms with Crippen molar-refractivity contribution in [3.8, 4) is 16.4 Å². The van der Waals surface area contributed by atoms with Crippen LogP contribution in [0.5, 0.6) is 0 Å². The van der Waals surface area contributed by atoms with Gasteiger partial charge in [-0.15, -0.1) is 11.3 Å². The summed E-state index contributed by atoms with van der Waals surface area (Å²) in [5.74, 6) is 1.76. The minimum Gasteiger partial charge on any atom is -0.356 e. The van der Waals surface area contributed by atoms with E-state index in [1.807, 2.05) is 52.5 Å². The standard InChI is InChI=1S/C23H23N7OS/c31-22(25-13-19-14-32-23(28-19)18-4-2-1-3-5-18)17-6-9-29(10-7-17)20-12-21(27-15-26-20)30-11-8-24-16-30/h1-5,8,11-12,14-17H,6-7,9-10,13H2,(H,25,31). The van der Waals surface area contributed by atoms with E-state index in [0.717, 1.165) is 53.8 Å². The number of rotatable bonds is 6. The third kappa shape index (κ3) is 4.52. The van der Waals surface area contributed by atoms with Gasteiger partial charge >= 0.3 is 0 Å². The van der Waals surface area contributed by atoms with E-state index >= 15 is 0 Å². The lowest BCUT2D eigenvalue weighted by Crippen LogP contribution is -2.40. The van der Waals surface area contributed by atoms with Gasteiger partial charge in [-0.25, -0.2) is 19.9 Å². The molecule has 1 amide bonds. The van der Waals surface area contributed by atoms with Gasteiger partial charge in [0.15, 0.2) is 0 Å². The number of piperidine rings is 1. The largest absolute Gasteiger partial charge is 0.356 e. The Bertz CT molecular complexity index is 1170. The molecule has 1 aliphatic heterocycles. The highest BCUT2D eigenvalue weighted by atomic mass is 32.1. The van der Waals surface area contributed by atoms with Crippen LogP contribution in [0.15, 0.2) is 66.8 Å². The van der Waals surface area contributed by atoms with Gasteiger partial charge in [0.2, 0.25) is 5.91 Å². The quantitative estimate of drug-likeness (QED) is 0.490. The summed E-state index contributed by atoms with van der Waals surface area (Å²) in [4.78, 5) is 32.4. The van der Waals surface area contributed by atoms with Crippen LogP contribution in [0.4, 0.5) is 5.82 Å². The van der Waals surface area contributed by atoms with Crippen LogP contribution in [0.25, 0.3) is 16.4 Å². The van der Waals surface area contributed by atoms with Crippen LogP contribution >= 0.6 is 11.3 Å². The second-order valence-corrected chi connectivity index (χ2v) is 8.55. The van der Waals surface area contributed by atoms with Crippen molar-refractivity contribution in [2.45, 2.75) is 19.4 Å². The third-order valence-electron chi connectivity index (χ3n) is 5.61. The minimum atomic E-state index is 0.00781. The second-order valence-electron chi connectivity index (χ2n) is 7.69. The fraction of sp³-hybridized carbons (Fsp3) is 0.261. The second kappa shape index (κ2) is 9.27. The number of aromatic nitrogens is 5. The molecule has 1 fully saturated rings. The zero-order chi connectivity index (χ0) is 21.8. The van der Waals surface area contributed by atoms with Gasteiger partial charge in [-0.05, 0) is 12.8 Å². The van der Waals surface area contributed by atoms with Crippen molar-refractivity contribution in [1.29, 1.82) is 0 Å². The molecular weight excluding hydrogens is 422 g/mol. The molecule has 0 bridgehead atoms. The first-order valence-corrected chi connectivity index (χ1v) is 11.5. The van der Waals surface area contributed by atoms with Gasteiger partial charge in [0.25, 0.3) is 0 Å². The highest BCUT2D eigenvalue weighted by molar-refractivity contribution is 7.13. The molecule has 1 N–H and O–H groups in total. The molecule has 4 aromatic rings. The number of hydrogen-bond acceptors (Lipinski definition) is 7. The lowest BCUT2D eigenvalue weighted by atomic mass is 9.96. The molecular formula is C23H23N7OS. The van der Waals surface area contributed by atoms with Crippen molar-refractivity contribution in [2.75, 3.05) is 18.0 Å². The Kier molecular flexibility index (Phi) is 5.89. The zero-order valence-electron chi connectivity index (χ0n) is 17.5. The van der Waals surface area contributed by atoms with E-state index in [9.17, 15) is 4.79 Å². The SMILES string of the molecule is O=C(NCc1csc(-c2ccccc2)n1)C1CCN(c2cc(-n3ccnc3)ncn2)CC1. The summed E-state index contributed by atoms with van der Waals surface area (Å²) >= 11 is 1.60. The van der Waals surface area contributed by atoms with Gasteiger partial charge in [0.05, 0.1) is 12.2 Å². The Balaban J connectivity index is 1.14. The van der Waals surface area contributed by atoms with Crippen LogP contribution in [-0.2, 0) is 11.3 Å². The fourth-order valence-corrected chi connectivity index (χ4v) is 4.67. The van der Waals surface area contributed by atoms with Gasteiger partial charge in [-0.1, -0.05) is 30.3 Å². The number of imidazole rings is 1. The minimum absolute atomic E-state index is 0.00781. The molecule has 0 saturated carbocycles. The van der Waals surface area contributed by atoms with Gasteiger partial charge in [0, 0.05) is 48.4 Å². The number of carbonyl (C=O) groups excluding carboxylic acids is 1. The zero-order valence-corrected chi connectivity index (χ0v) is 18.3. The summed E-state index contributed by atoms with van der Waals surface area (Å²) in [7, 11) is 0. The van der Waals surface area contributed by atoms with Crippen LogP contribution in [0, 0.1) is 5.92 Å². The molecule has 8 nitrogen and oxygen atoms in total. The van der Waals surface area contributed by atoms with Crippen molar-refractivity contribution >= 4 is 23.1 Å². The number of anilines is 1. The Labute approximate surface area is 190 Å². The van der Waals surface area contributed by atoms with Crippen molar-refractivity contribution < 1.29 is 4.79 Å². The van der Waals surface area contributed by atoms with Crippen LogP contribution in [-0.4, -0.2) is 43.5 Å². The number of nitrogens with zero attached hydrogens (tertiary/aromatic N) is 6. The molecule has 1 saturated heterocycles. The van der Waals surface area contributed by atoms with E-state index in [4.69, 9.17) is 0 Å². The van der Waals surface area contributed by atoms with Crippen LogP contribution in [0.3, 0.4) is 0 Å². The number of benzene rings is 1. The molecule has 0 atom stereocenters. The monoisotopic (exact) mass is 445 g/mol. The van der Waals surface area contributed by atoms with E-state index < -0.39 is 0 Å². The van der Waals surface area contributed by atoms with Gasteiger partial charge < -0.3 is 10.2 Å². The van der Waals surface area contributed by atoms with E-state index in [1.54, 1.807) is 30.2 Å². The van der Waals surface area contributed by atoms with Gasteiger partial charge in [0.1, 0.15) is 29.3 Å². The summed E-state index contributed by atoms with van der Waals surface area (Å²) in [6.07, 6.45) is 8.45. The topological polar surface area (TPSA) is 88.8 Å². The normalized spacial score (nSPS) is 14.4. The molecule has 9 heteroatoms. The number of carbonyl (C=O) groups is 1. The highest BCUT2D eigenvalue weighted by Crippen LogP contribution is 2.25. The Morgan fingerprint density at radius 3 is 2.72 bits per heavy atom. The lowest BCUT2D eigenvalue weighted by molar-refractivity contribution is -0.125. The summed E-state index contributed by atoms with van der Waals surface area (Å²) in [5, 5.41) is 6.05. The molecule has 0 radical (unpaired) electrons. The summed E-state index contributed by atoms with van der Waals surface area (Å²) < 4.78 is 1.85. The maximum Gasteiger partial charge on any atom is 0.223 e. The Morgan fingerprint density at radius 1 is 1.12 bits per heavy atom. The lowest BCUT2D eigenvalue weighted by Gasteiger charge is -2.32. The number of hydrogen-bond donors (Lipinski definition) is 1. The van der Waals surface area contributed by atoms with E-state index in [0.29, 0.717) is 6.54 Å². The van der Waals surface area contributed by atoms with E-state index in [2.05, 4.69) is 30.2 Å². The third-order valence-corrected chi connectivity index (χ3v) is 6.55. The number of amides is 1. The fourth-order valence-electron chi connectivity index (χ4n) is 3.84. The Hall–Kier alpha value is -3.59. The molecule has 0 spiro atoms. The van der Waals surface area contributed by atoms with Gasteiger partial charge in [-0.2, -0.15) is 0 Å². The number of thiazole rings is 1. The first-order valence-electron chi connectivity index (χ1n) is 10.6. The van der Waals surface area contributed by atoms with Crippen LogP contribution in [0.1, 0.15) is 18.5 Å². The first-order chi connectivity index (χ1) is 15.8. The average molecular weight is 446 g/mol. The maximum atomic E-state index is 12.7.